The predicted octanol–water partition coefficient (Wildman–Crippen LogP) is 2.99. The van der Waals surface area contributed by atoms with E-state index >= 15 is 0 Å². The molecule has 5 nitrogen and oxygen atoms in total. The summed E-state index contributed by atoms with van der Waals surface area (Å²) >= 11 is 0. The van der Waals surface area contributed by atoms with Crippen LogP contribution in [0, 0.1) is 5.82 Å². The molecule has 1 aliphatic rings. The Morgan fingerprint density at radius 3 is 2.67 bits per heavy atom. The van der Waals surface area contributed by atoms with Gasteiger partial charge in [0.15, 0.2) is 5.76 Å². The Morgan fingerprint density at radius 2 is 1.96 bits per heavy atom. The molecule has 3 rings (SSSR count). The first-order valence-corrected chi connectivity index (χ1v) is 7.10. The topological polar surface area (TPSA) is 61.8 Å². The number of hydrogen-bond acceptors (Lipinski definition) is 5. The quantitative estimate of drug-likeness (QED) is 0.490. The van der Waals surface area contributed by atoms with Gasteiger partial charge in [0.05, 0.1) is 5.56 Å². The molecule has 122 valence electrons. The monoisotopic (exact) mass is 328 g/mol. The first kappa shape index (κ1) is 15.9. The summed E-state index contributed by atoms with van der Waals surface area (Å²) in [5.41, 5.74) is 1.01. The summed E-state index contributed by atoms with van der Waals surface area (Å²) in [7, 11) is 1.39. The van der Waals surface area contributed by atoms with Gasteiger partial charge in [-0.2, -0.15) is 0 Å². The molecule has 0 N–H and O–H groups in total. The van der Waals surface area contributed by atoms with E-state index in [9.17, 15) is 14.0 Å². The average molecular weight is 328 g/mol. The zero-order valence-corrected chi connectivity index (χ0v) is 12.7. The third-order valence-corrected chi connectivity index (χ3v) is 3.30. The Morgan fingerprint density at radius 1 is 1.21 bits per heavy atom. The lowest BCUT2D eigenvalue weighted by Crippen LogP contribution is -2.14. The average Bonchev–Trinajstić information content (AvgIpc) is 2.85. The number of carbonyl (C=O) groups is 2. The van der Waals surface area contributed by atoms with Crippen LogP contribution >= 0.6 is 0 Å². The Hall–Kier alpha value is -2.99. The van der Waals surface area contributed by atoms with Crippen molar-refractivity contribution >= 4 is 17.8 Å². The minimum Gasteiger partial charge on any atom is -0.452 e. The van der Waals surface area contributed by atoms with Gasteiger partial charge in [-0.3, -0.25) is 4.79 Å². The van der Waals surface area contributed by atoms with Gasteiger partial charge in [0.1, 0.15) is 23.9 Å². The number of halogens is 1. The largest absolute Gasteiger partial charge is 0.452 e. The molecule has 0 spiro atoms. The lowest BCUT2D eigenvalue weighted by Gasteiger charge is -2.04. The zero-order valence-electron chi connectivity index (χ0n) is 12.7. The van der Waals surface area contributed by atoms with E-state index in [1.54, 1.807) is 12.1 Å². The number of methoxy groups -OCH3 is 1. The Labute approximate surface area is 137 Å². The third kappa shape index (κ3) is 3.33. The second-order valence-corrected chi connectivity index (χ2v) is 5.06. The molecule has 0 atom stereocenters. The predicted molar refractivity (Wildman–Crippen MR) is 83.3 cm³/mol. The van der Waals surface area contributed by atoms with Gasteiger partial charge in [-0.25, -0.2) is 9.18 Å². The van der Waals surface area contributed by atoms with E-state index in [2.05, 4.69) is 4.74 Å². The van der Waals surface area contributed by atoms with Crippen LogP contribution in [-0.4, -0.2) is 25.5 Å². The molecule has 24 heavy (non-hydrogen) atoms. The standard InChI is InChI=1S/C18H13FO5/c1-22-10-17(20)23-13-6-7-14-15(9-13)24-16(18(14)21)8-11-2-4-12(19)5-3-11/h2-9H,10H2,1H3/b16-8-. The third-order valence-electron chi connectivity index (χ3n) is 3.30. The van der Waals surface area contributed by atoms with Crippen molar-refractivity contribution in [3.63, 3.8) is 0 Å². The van der Waals surface area contributed by atoms with Crippen LogP contribution in [0.5, 0.6) is 11.5 Å². The number of allylic oxidation sites excluding steroid dienone is 1. The van der Waals surface area contributed by atoms with Crippen molar-refractivity contribution in [1.29, 1.82) is 0 Å². The molecule has 0 bridgehead atoms. The molecule has 0 radical (unpaired) electrons. The van der Waals surface area contributed by atoms with E-state index in [4.69, 9.17) is 9.47 Å². The minimum atomic E-state index is -0.552. The maximum atomic E-state index is 12.9. The normalized spacial score (nSPS) is 14.4. The molecule has 1 heterocycles. The summed E-state index contributed by atoms with van der Waals surface area (Å²) in [5.74, 6) is -0.519. The Balaban J connectivity index is 1.82. The van der Waals surface area contributed by atoms with E-state index in [1.165, 1.54) is 43.5 Å². The fraction of sp³-hybridized carbons (Fsp3) is 0.111. The molecule has 0 amide bonds. The fourth-order valence-corrected chi connectivity index (χ4v) is 2.22. The van der Waals surface area contributed by atoms with Crippen molar-refractivity contribution in [1.82, 2.24) is 0 Å². The molecule has 2 aromatic carbocycles. The highest BCUT2D eigenvalue weighted by molar-refractivity contribution is 6.14. The van der Waals surface area contributed by atoms with E-state index in [-0.39, 0.29) is 29.7 Å². The van der Waals surface area contributed by atoms with E-state index < -0.39 is 5.97 Å². The van der Waals surface area contributed by atoms with E-state index in [0.29, 0.717) is 16.9 Å². The van der Waals surface area contributed by atoms with Gasteiger partial charge in [-0.05, 0) is 35.9 Å². The molecule has 2 aromatic rings. The molecule has 0 fully saturated rings. The minimum absolute atomic E-state index is 0.122. The van der Waals surface area contributed by atoms with Crippen LogP contribution in [-0.2, 0) is 9.53 Å². The van der Waals surface area contributed by atoms with Crippen molar-refractivity contribution in [2.45, 2.75) is 0 Å². The highest BCUT2D eigenvalue weighted by Gasteiger charge is 2.28. The van der Waals surface area contributed by atoms with Crippen LogP contribution in [0.2, 0.25) is 0 Å². The molecular weight excluding hydrogens is 315 g/mol. The van der Waals surface area contributed by atoms with Crippen LogP contribution in [0.15, 0.2) is 48.2 Å². The van der Waals surface area contributed by atoms with Gasteiger partial charge in [0, 0.05) is 13.2 Å². The molecule has 0 saturated carbocycles. The van der Waals surface area contributed by atoms with Crippen LogP contribution in [0.4, 0.5) is 4.39 Å². The second-order valence-electron chi connectivity index (χ2n) is 5.06. The lowest BCUT2D eigenvalue weighted by atomic mass is 10.1. The zero-order chi connectivity index (χ0) is 17.1. The van der Waals surface area contributed by atoms with Crippen LogP contribution in [0.25, 0.3) is 6.08 Å². The summed E-state index contributed by atoms with van der Waals surface area (Å²) in [5, 5.41) is 0. The number of carbonyl (C=O) groups excluding carboxylic acids is 2. The van der Waals surface area contributed by atoms with Crippen molar-refractivity contribution in [3.05, 3.63) is 65.2 Å². The summed E-state index contributed by atoms with van der Waals surface area (Å²) in [6.45, 7) is -0.174. The number of rotatable bonds is 4. The van der Waals surface area contributed by atoms with Gasteiger partial charge in [-0.1, -0.05) is 12.1 Å². The lowest BCUT2D eigenvalue weighted by molar-refractivity contribution is -0.138. The van der Waals surface area contributed by atoms with E-state index in [1.807, 2.05) is 0 Å². The molecule has 0 aromatic heterocycles. The van der Waals surface area contributed by atoms with Crippen molar-refractivity contribution in [2.75, 3.05) is 13.7 Å². The van der Waals surface area contributed by atoms with Gasteiger partial charge in [-0.15, -0.1) is 0 Å². The van der Waals surface area contributed by atoms with E-state index in [0.717, 1.165) is 0 Å². The van der Waals surface area contributed by atoms with Gasteiger partial charge < -0.3 is 14.2 Å². The van der Waals surface area contributed by atoms with Crippen molar-refractivity contribution in [2.24, 2.45) is 0 Å². The second kappa shape index (κ2) is 6.64. The molecule has 0 saturated heterocycles. The number of fused-ring (bicyclic) bond motifs is 1. The molecule has 6 heteroatoms. The number of esters is 1. The van der Waals surface area contributed by atoms with Gasteiger partial charge >= 0.3 is 5.97 Å². The number of Topliss-reactive ketones (excluding diaryl/α,β-unsaturated/α-hetero) is 1. The Bertz CT molecular complexity index is 824. The molecule has 1 aliphatic heterocycles. The van der Waals surface area contributed by atoms with Crippen LogP contribution in [0.1, 0.15) is 15.9 Å². The van der Waals surface area contributed by atoms with Crippen LogP contribution in [0.3, 0.4) is 0 Å². The molecule has 0 aliphatic carbocycles. The number of ether oxygens (including phenoxy) is 3. The van der Waals surface area contributed by atoms with Crippen molar-refractivity contribution in [3.8, 4) is 11.5 Å². The summed E-state index contributed by atoms with van der Waals surface area (Å²) in [4.78, 5) is 23.7. The van der Waals surface area contributed by atoms with Crippen molar-refractivity contribution < 1.29 is 28.2 Å². The SMILES string of the molecule is COCC(=O)Oc1ccc2c(c1)O/C(=C\c1ccc(F)cc1)C2=O. The first-order chi connectivity index (χ1) is 11.6. The maximum absolute atomic E-state index is 12.9. The summed E-state index contributed by atoms with van der Waals surface area (Å²) < 4.78 is 28.2. The summed E-state index contributed by atoms with van der Waals surface area (Å²) in [6, 6.07) is 10.2. The number of hydrogen-bond donors (Lipinski definition) is 0. The highest BCUT2D eigenvalue weighted by Crippen LogP contribution is 2.34. The number of ketones is 1. The maximum Gasteiger partial charge on any atom is 0.337 e. The number of benzene rings is 2. The van der Waals surface area contributed by atoms with Crippen LogP contribution < -0.4 is 9.47 Å². The Kier molecular flexibility index (Phi) is 4.39. The smallest absolute Gasteiger partial charge is 0.337 e. The first-order valence-electron chi connectivity index (χ1n) is 7.10. The molecular formula is C18H13FO5. The highest BCUT2D eigenvalue weighted by atomic mass is 19.1. The van der Waals surface area contributed by atoms with Gasteiger partial charge in [0.2, 0.25) is 5.78 Å². The fourth-order valence-electron chi connectivity index (χ4n) is 2.22. The summed E-state index contributed by atoms with van der Waals surface area (Å²) in [6.07, 6.45) is 1.53. The van der Waals surface area contributed by atoms with Gasteiger partial charge in [0.25, 0.3) is 0 Å². The molecule has 0 unspecified atom stereocenters.